The first-order chi connectivity index (χ1) is 6.24. The molecular weight excluding hydrogens is 168 g/mol. The molecule has 0 aliphatic rings. The van der Waals surface area contributed by atoms with Gasteiger partial charge in [0.05, 0.1) is 4.92 Å². The van der Waals surface area contributed by atoms with Gasteiger partial charge in [-0.05, 0) is 17.7 Å². The van der Waals surface area contributed by atoms with Gasteiger partial charge in [0.15, 0.2) is 0 Å². The fourth-order valence-electron chi connectivity index (χ4n) is 0.936. The van der Waals surface area contributed by atoms with Crippen LogP contribution in [0.25, 0.3) is 6.08 Å². The molecule has 0 aliphatic carbocycles. The summed E-state index contributed by atoms with van der Waals surface area (Å²) in [6, 6.07) is 3.47. The van der Waals surface area contributed by atoms with Gasteiger partial charge >= 0.3 is 0 Å². The van der Waals surface area contributed by atoms with Crippen LogP contribution in [0.3, 0.4) is 0 Å². The quantitative estimate of drug-likeness (QED) is 0.526. The Morgan fingerprint density at radius 1 is 1.62 bits per heavy atom. The lowest BCUT2D eigenvalue weighted by atomic mass is 10.2. The smallest absolute Gasteiger partial charge is 0.246 e. The van der Waals surface area contributed by atoms with Crippen molar-refractivity contribution in [3.05, 3.63) is 45.9 Å². The maximum atomic E-state index is 10.5. The van der Waals surface area contributed by atoms with Crippen molar-refractivity contribution < 1.29 is 4.92 Å². The summed E-state index contributed by atoms with van der Waals surface area (Å²) < 4.78 is 0. The van der Waals surface area contributed by atoms with Gasteiger partial charge in [0.25, 0.3) is 0 Å². The zero-order chi connectivity index (χ0) is 9.68. The summed E-state index contributed by atoms with van der Waals surface area (Å²) in [5.74, 6) is 0. The van der Waals surface area contributed by atoms with Crippen molar-refractivity contribution >= 4 is 6.08 Å². The molecule has 0 amide bonds. The lowest BCUT2D eigenvalue weighted by Crippen LogP contribution is -1.96. The molecule has 0 aromatic carbocycles. The summed E-state index contributed by atoms with van der Waals surface area (Å²) in [5, 5.41) is 10.5. The van der Waals surface area contributed by atoms with E-state index in [1.165, 1.54) is 0 Å². The average molecular weight is 178 g/mol. The van der Waals surface area contributed by atoms with Gasteiger partial charge in [0.1, 0.15) is 0 Å². The zero-order valence-electron chi connectivity index (χ0n) is 7.30. The molecule has 1 aromatic heterocycles. The van der Waals surface area contributed by atoms with E-state index in [1.807, 2.05) is 0 Å². The summed E-state index contributed by atoms with van der Waals surface area (Å²) in [6.07, 6.45) is 5.20. The molecule has 0 saturated heterocycles. The summed E-state index contributed by atoms with van der Waals surface area (Å²) in [7, 11) is 0. The fourth-order valence-corrected chi connectivity index (χ4v) is 0.936. The molecule has 4 heteroatoms. The van der Waals surface area contributed by atoms with E-state index in [1.54, 1.807) is 37.5 Å². The van der Waals surface area contributed by atoms with E-state index < -0.39 is 0 Å². The molecule has 4 nitrogen and oxygen atoms in total. The normalized spacial score (nSPS) is 11.3. The summed E-state index contributed by atoms with van der Waals surface area (Å²) in [4.78, 5) is 13.9. The predicted molar refractivity (Wildman–Crippen MR) is 49.5 cm³/mol. The number of hydrogen-bond acceptors (Lipinski definition) is 3. The Bertz CT molecular complexity index is 320. The second-order valence-electron chi connectivity index (χ2n) is 2.53. The molecule has 0 aliphatic heterocycles. The molecule has 0 bridgehead atoms. The highest BCUT2D eigenvalue weighted by molar-refractivity contribution is 5.49. The monoisotopic (exact) mass is 178 g/mol. The van der Waals surface area contributed by atoms with E-state index >= 15 is 0 Å². The van der Waals surface area contributed by atoms with E-state index in [4.69, 9.17) is 0 Å². The van der Waals surface area contributed by atoms with Gasteiger partial charge in [0.2, 0.25) is 5.70 Å². The van der Waals surface area contributed by atoms with Crippen LogP contribution in [-0.2, 0) is 0 Å². The van der Waals surface area contributed by atoms with Crippen molar-refractivity contribution in [1.29, 1.82) is 0 Å². The molecule has 1 aromatic rings. The van der Waals surface area contributed by atoms with Gasteiger partial charge in [-0.1, -0.05) is 6.92 Å². The fraction of sp³-hybridized carbons (Fsp3) is 0.222. The van der Waals surface area contributed by atoms with Crippen molar-refractivity contribution in [2.24, 2.45) is 0 Å². The minimum Gasteiger partial charge on any atom is -0.265 e. The highest BCUT2D eigenvalue weighted by atomic mass is 16.6. The molecule has 0 fully saturated rings. The van der Waals surface area contributed by atoms with Crippen molar-refractivity contribution in [2.45, 2.75) is 13.3 Å². The van der Waals surface area contributed by atoms with E-state index in [2.05, 4.69) is 4.98 Å². The first kappa shape index (κ1) is 9.38. The zero-order valence-corrected chi connectivity index (χ0v) is 7.30. The maximum absolute atomic E-state index is 10.5. The number of allylic oxidation sites excluding steroid dienone is 1. The highest BCUT2D eigenvalue weighted by Gasteiger charge is 2.05. The second kappa shape index (κ2) is 4.35. The Kier molecular flexibility index (Phi) is 3.14. The molecule has 0 N–H and O–H groups in total. The van der Waals surface area contributed by atoms with E-state index in [9.17, 15) is 10.1 Å². The van der Waals surface area contributed by atoms with Gasteiger partial charge in [-0.2, -0.15) is 0 Å². The molecule has 1 heterocycles. The lowest BCUT2D eigenvalue weighted by molar-refractivity contribution is -0.425. The Morgan fingerprint density at radius 2 is 2.23 bits per heavy atom. The first-order valence-corrected chi connectivity index (χ1v) is 3.99. The number of nitrogens with zero attached hydrogens (tertiary/aromatic N) is 2. The van der Waals surface area contributed by atoms with Gasteiger partial charge < -0.3 is 0 Å². The Hall–Kier alpha value is -1.71. The van der Waals surface area contributed by atoms with Crippen LogP contribution >= 0.6 is 0 Å². The number of hydrogen-bond donors (Lipinski definition) is 0. The first-order valence-electron chi connectivity index (χ1n) is 3.99. The van der Waals surface area contributed by atoms with Crippen LogP contribution in [0.2, 0.25) is 0 Å². The van der Waals surface area contributed by atoms with Gasteiger partial charge in [-0.3, -0.25) is 15.1 Å². The highest BCUT2D eigenvalue weighted by Crippen LogP contribution is 2.08. The minimum absolute atomic E-state index is 0.214. The number of pyridine rings is 1. The molecule has 0 atom stereocenters. The topological polar surface area (TPSA) is 56.0 Å². The van der Waals surface area contributed by atoms with Crippen molar-refractivity contribution in [3.8, 4) is 0 Å². The van der Waals surface area contributed by atoms with Crippen molar-refractivity contribution in [1.82, 2.24) is 4.98 Å². The van der Waals surface area contributed by atoms with Crippen LogP contribution in [0.4, 0.5) is 0 Å². The largest absolute Gasteiger partial charge is 0.265 e. The molecule has 13 heavy (non-hydrogen) atoms. The summed E-state index contributed by atoms with van der Waals surface area (Å²) >= 11 is 0. The summed E-state index contributed by atoms with van der Waals surface area (Å²) in [6.45, 7) is 1.76. The minimum atomic E-state index is -0.361. The molecule has 1 rings (SSSR count). The number of nitro groups is 1. The third kappa shape index (κ3) is 2.66. The van der Waals surface area contributed by atoms with Gasteiger partial charge in [-0.25, -0.2) is 0 Å². The van der Waals surface area contributed by atoms with Gasteiger partial charge in [0, 0.05) is 24.9 Å². The van der Waals surface area contributed by atoms with Crippen molar-refractivity contribution in [2.75, 3.05) is 0 Å². The van der Waals surface area contributed by atoms with Crippen LogP contribution in [0.1, 0.15) is 18.9 Å². The van der Waals surface area contributed by atoms with E-state index in [-0.39, 0.29) is 10.6 Å². The van der Waals surface area contributed by atoms with Crippen LogP contribution in [0, 0.1) is 10.1 Å². The third-order valence-corrected chi connectivity index (χ3v) is 1.64. The Morgan fingerprint density at radius 3 is 2.69 bits per heavy atom. The average Bonchev–Trinajstić information content (AvgIpc) is 2.15. The lowest BCUT2D eigenvalue weighted by Gasteiger charge is -1.94. The van der Waals surface area contributed by atoms with Crippen LogP contribution < -0.4 is 0 Å². The molecule has 0 unspecified atom stereocenters. The standard InChI is InChI=1S/C9H10N2O2/c1-2-9(11(12)13)7-8-3-5-10-6-4-8/h3-7H,2H2,1H3. The van der Waals surface area contributed by atoms with Gasteiger partial charge in [-0.15, -0.1) is 0 Å². The number of rotatable bonds is 3. The summed E-state index contributed by atoms with van der Waals surface area (Å²) in [5.41, 5.74) is 1.02. The van der Waals surface area contributed by atoms with Crippen LogP contribution in [0.5, 0.6) is 0 Å². The molecule has 68 valence electrons. The molecule has 0 spiro atoms. The Balaban J connectivity index is 2.92. The molecular formula is C9H10N2O2. The van der Waals surface area contributed by atoms with Crippen LogP contribution in [0.15, 0.2) is 30.2 Å². The van der Waals surface area contributed by atoms with E-state index in [0.717, 1.165) is 5.56 Å². The maximum Gasteiger partial charge on any atom is 0.246 e. The van der Waals surface area contributed by atoms with E-state index in [0.29, 0.717) is 6.42 Å². The molecule has 0 saturated carbocycles. The number of aromatic nitrogens is 1. The third-order valence-electron chi connectivity index (χ3n) is 1.64. The SMILES string of the molecule is CCC(=Cc1ccncc1)[N+](=O)[O-]. The van der Waals surface area contributed by atoms with Crippen LogP contribution in [-0.4, -0.2) is 9.91 Å². The molecule has 0 radical (unpaired) electrons. The second-order valence-corrected chi connectivity index (χ2v) is 2.53. The van der Waals surface area contributed by atoms with Crippen molar-refractivity contribution in [3.63, 3.8) is 0 Å². The predicted octanol–water partition coefficient (Wildman–Crippen LogP) is 2.11. The Labute approximate surface area is 76.1 Å².